The van der Waals surface area contributed by atoms with Crippen molar-refractivity contribution in [2.45, 2.75) is 44.6 Å². The predicted octanol–water partition coefficient (Wildman–Crippen LogP) is 3.25. The Morgan fingerprint density at radius 3 is 2.39 bits per heavy atom. The number of carbonyl (C=O) groups is 1. The average molecular weight is 321 g/mol. The highest BCUT2D eigenvalue weighted by Crippen LogP contribution is 2.36. The van der Waals surface area contributed by atoms with Gasteiger partial charge in [-0.3, -0.25) is 4.79 Å². The molecule has 5 nitrogen and oxygen atoms in total. The summed E-state index contributed by atoms with van der Waals surface area (Å²) in [6, 6.07) is 2.75. The van der Waals surface area contributed by atoms with E-state index in [0.717, 1.165) is 37.5 Å². The first-order chi connectivity index (χ1) is 11.0. The number of aryl methyl sites for hydroxylation is 1. The van der Waals surface area contributed by atoms with Gasteiger partial charge in [0.15, 0.2) is 5.82 Å². The van der Waals surface area contributed by atoms with Crippen molar-refractivity contribution in [1.82, 2.24) is 15.5 Å². The zero-order valence-electron chi connectivity index (χ0n) is 12.7. The Morgan fingerprint density at radius 1 is 1.17 bits per heavy atom. The Kier molecular flexibility index (Phi) is 4.11. The zero-order chi connectivity index (χ0) is 16.4. The van der Waals surface area contributed by atoms with E-state index in [1.807, 2.05) is 0 Å². The molecule has 1 aromatic heterocycles. The lowest BCUT2D eigenvalue weighted by Gasteiger charge is -2.35. The van der Waals surface area contributed by atoms with Crippen LogP contribution in [0.2, 0.25) is 0 Å². The summed E-state index contributed by atoms with van der Waals surface area (Å²) in [6.45, 7) is 1.68. The number of nitrogens with zero attached hydrogens (tertiary/aromatic N) is 2. The first-order valence-electron chi connectivity index (χ1n) is 7.58. The van der Waals surface area contributed by atoms with Crippen LogP contribution < -0.4 is 5.32 Å². The largest absolute Gasteiger partial charge is 0.340 e. The number of halogens is 2. The minimum absolute atomic E-state index is 0.0623. The molecule has 7 heteroatoms. The van der Waals surface area contributed by atoms with E-state index in [1.54, 1.807) is 6.92 Å². The minimum atomic E-state index is -0.789. The van der Waals surface area contributed by atoms with Crippen LogP contribution in [0.4, 0.5) is 8.78 Å². The molecule has 23 heavy (non-hydrogen) atoms. The van der Waals surface area contributed by atoms with Gasteiger partial charge in [-0.15, -0.1) is 0 Å². The van der Waals surface area contributed by atoms with E-state index in [1.165, 1.54) is 0 Å². The van der Waals surface area contributed by atoms with Gasteiger partial charge in [0.2, 0.25) is 5.89 Å². The lowest BCUT2D eigenvalue weighted by atomic mass is 9.80. The smallest absolute Gasteiger partial charge is 0.252 e. The molecule has 1 fully saturated rings. The molecule has 1 heterocycles. The van der Waals surface area contributed by atoms with Crippen molar-refractivity contribution >= 4 is 5.91 Å². The van der Waals surface area contributed by atoms with E-state index in [-0.39, 0.29) is 5.56 Å². The standard InChI is InChI=1S/C16H17F2N3O2/c1-10-19-15(21-23-10)16(5-3-2-4-6-16)20-14(22)11-7-12(17)9-13(18)8-11/h7-9H,2-6H2,1H3,(H,20,22). The van der Waals surface area contributed by atoms with Crippen LogP contribution in [-0.4, -0.2) is 16.0 Å². The van der Waals surface area contributed by atoms with Gasteiger partial charge in [-0.25, -0.2) is 8.78 Å². The van der Waals surface area contributed by atoms with Crippen LogP contribution in [0, 0.1) is 18.6 Å². The third-order valence-electron chi connectivity index (χ3n) is 4.14. The SMILES string of the molecule is Cc1nc(C2(NC(=O)c3cc(F)cc(F)c3)CCCCC2)no1. The van der Waals surface area contributed by atoms with Crippen molar-refractivity contribution in [2.75, 3.05) is 0 Å². The normalized spacial score (nSPS) is 17.0. The van der Waals surface area contributed by atoms with Gasteiger partial charge < -0.3 is 9.84 Å². The first kappa shape index (κ1) is 15.6. The van der Waals surface area contributed by atoms with Crippen LogP contribution in [0.15, 0.2) is 22.7 Å². The van der Waals surface area contributed by atoms with Gasteiger partial charge in [0, 0.05) is 18.6 Å². The van der Waals surface area contributed by atoms with Crippen LogP contribution >= 0.6 is 0 Å². The number of nitrogens with one attached hydrogen (secondary N) is 1. The molecule has 1 aliphatic rings. The molecule has 122 valence electrons. The third kappa shape index (κ3) is 3.23. The lowest BCUT2D eigenvalue weighted by Crippen LogP contribution is -2.48. The van der Waals surface area contributed by atoms with Gasteiger partial charge in [0.25, 0.3) is 5.91 Å². The van der Waals surface area contributed by atoms with Crippen molar-refractivity contribution in [3.8, 4) is 0 Å². The fraction of sp³-hybridized carbons (Fsp3) is 0.438. The van der Waals surface area contributed by atoms with Crippen molar-refractivity contribution < 1.29 is 18.1 Å². The fourth-order valence-corrected chi connectivity index (χ4v) is 3.03. The topological polar surface area (TPSA) is 68.0 Å². The molecule has 3 rings (SSSR count). The number of benzene rings is 1. The number of carbonyl (C=O) groups excluding carboxylic acids is 1. The molecule has 0 spiro atoms. The van der Waals surface area contributed by atoms with E-state index in [0.29, 0.717) is 24.6 Å². The molecular formula is C16H17F2N3O2. The van der Waals surface area contributed by atoms with Crippen molar-refractivity contribution in [3.63, 3.8) is 0 Å². The molecule has 1 aliphatic carbocycles. The number of rotatable bonds is 3. The second kappa shape index (κ2) is 6.06. The summed E-state index contributed by atoms with van der Waals surface area (Å²) in [5.74, 6) is -1.30. The zero-order valence-corrected chi connectivity index (χ0v) is 12.7. The highest BCUT2D eigenvalue weighted by Gasteiger charge is 2.39. The Labute approximate surface area is 132 Å². The molecule has 1 N–H and O–H groups in total. The van der Waals surface area contributed by atoms with Gasteiger partial charge in [0.1, 0.15) is 17.2 Å². The maximum Gasteiger partial charge on any atom is 0.252 e. The summed E-state index contributed by atoms with van der Waals surface area (Å²) in [6.07, 6.45) is 4.20. The maximum atomic E-state index is 13.3. The second-order valence-corrected chi connectivity index (χ2v) is 5.89. The Bertz CT molecular complexity index is 704. The van der Waals surface area contributed by atoms with Crippen molar-refractivity contribution in [3.05, 3.63) is 47.1 Å². The van der Waals surface area contributed by atoms with Gasteiger partial charge in [-0.2, -0.15) is 4.98 Å². The van der Waals surface area contributed by atoms with Gasteiger partial charge in [-0.05, 0) is 25.0 Å². The third-order valence-corrected chi connectivity index (χ3v) is 4.14. The molecular weight excluding hydrogens is 304 g/mol. The quantitative estimate of drug-likeness (QED) is 0.942. The summed E-state index contributed by atoms with van der Waals surface area (Å²) < 4.78 is 31.7. The summed E-state index contributed by atoms with van der Waals surface area (Å²) in [5.41, 5.74) is -0.816. The molecule has 0 unspecified atom stereocenters. The molecule has 0 radical (unpaired) electrons. The lowest BCUT2D eigenvalue weighted by molar-refractivity contribution is 0.0854. The number of aromatic nitrogens is 2. The number of amides is 1. The fourth-order valence-electron chi connectivity index (χ4n) is 3.03. The summed E-state index contributed by atoms with van der Waals surface area (Å²) in [5, 5.41) is 6.82. The molecule has 0 bridgehead atoms. The monoisotopic (exact) mass is 321 g/mol. The molecule has 0 atom stereocenters. The molecule has 0 aliphatic heterocycles. The van der Waals surface area contributed by atoms with E-state index in [2.05, 4.69) is 15.5 Å². The highest BCUT2D eigenvalue weighted by molar-refractivity contribution is 5.94. The first-order valence-corrected chi connectivity index (χ1v) is 7.58. The van der Waals surface area contributed by atoms with Crippen LogP contribution in [0.1, 0.15) is 54.2 Å². The van der Waals surface area contributed by atoms with Crippen LogP contribution in [0.25, 0.3) is 0 Å². The van der Waals surface area contributed by atoms with Gasteiger partial charge in [-0.1, -0.05) is 24.4 Å². The summed E-state index contributed by atoms with van der Waals surface area (Å²) in [4.78, 5) is 16.7. The molecule has 1 amide bonds. The second-order valence-electron chi connectivity index (χ2n) is 5.89. The highest BCUT2D eigenvalue weighted by atomic mass is 19.1. The van der Waals surface area contributed by atoms with Crippen molar-refractivity contribution in [2.24, 2.45) is 0 Å². The minimum Gasteiger partial charge on any atom is -0.340 e. The number of hydrogen-bond donors (Lipinski definition) is 1. The van der Waals surface area contributed by atoms with E-state index < -0.39 is 23.1 Å². The van der Waals surface area contributed by atoms with Crippen LogP contribution in [0.5, 0.6) is 0 Å². The summed E-state index contributed by atoms with van der Waals surface area (Å²) in [7, 11) is 0. The van der Waals surface area contributed by atoms with Crippen molar-refractivity contribution in [1.29, 1.82) is 0 Å². The van der Waals surface area contributed by atoms with Crippen LogP contribution in [0.3, 0.4) is 0 Å². The molecule has 0 saturated heterocycles. The summed E-state index contributed by atoms with van der Waals surface area (Å²) >= 11 is 0. The van der Waals surface area contributed by atoms with Gasteiger partial charge >= 0.3 is 0 Å². The van der Waals surface area contributed by atoms with Gasteiger partial charge in [0.05, 0.1) is 0 Å². The van der Waals surface area contributed by atoms with E-state index in [9.17, 15) is 13.6 Å². The Hall–Kier alpha value is -2.31. The molecule has 1 saturated carbocycles. The van der Waals surface area contributed by atoms with Crippen LogP contribution in [-0.2, 0) is 5.54 Å². The molecule has 2 aromatic rings. The van der Waals surface area contributed by atoms with E-state index in [4.69, 9.17) is 4.52 Å². The molecule has 1 aromatic carbocycles. The average Bonchev–Trinajstić information content (AvgIpc) is 2.94. The maximum absolute atomic E-state index is 13.3. The Balaban J connectivity index is 1.90. The predicted molar refractivity (Wildman–Crippen MR) is 77.6 cm³/mol. The Morgan fingerprint density at radius 2 is 1.83 bits per heavy atom. The number of hydrogen-bond acceptors (Lipinski definition) is 4. The van der Waals surface area contributed by atoms with E-state index >= 15 is 0 Å².